The summed E-state index contributed by atoms with van der Waals surface area (Å²) in [5, 5.41) is 21.1. The molecule has 2 N–H and O–H groups in total. The number of phenolic OH excluding ortho intramolecular Hbond substituents is 1. The van der Waals surface area contributed by atoms with Crippen LogP contribution in [-0.4, -0.2) is 47.1 Å². The largest absolute Gasteiger partial charge is 0.508 e. The van der Waals surface area contributed by atoms with E-state index in [1.165, 1.54) is 24.1 Å². The maximum atomic E-state index is 12.7. The lowest BCUT2D eigenvalue weighted by atomic mass is 9.95. The van der Waals surface area contributed by atoms with Crippen LogP contribution in [0, 0.1) is 0 Å². The van der Waals surface area contributed by atoms with Crippen molar-refractivity contribution in [3.05, 3.63) is 70.3 Å². The van der Waals surface area contributed by atoms with Gasteiger partial charge in [-0.3, -0.25) is 9.59 Å². The Labute approximate surface area is 161 Å². The van der Waals surface area contributed by atoms with Crippen LogP contribution in [0.25, 0.3) is 5.76 Å². The molecule has 1 aliphatic heterocycles. The number of carbonyl (C=O) groups is 2. The number of hydrogen-bond donors (Lipinski definition) is 2. The second-order valence-corrected chi connectivity index (χ2v) is 6.52. The molecule has 0 spiro atoms. The first-order valence-electron chi connectivity index (χ1n) is 8.26. The molecule has 0 bridgehead atoms. The standard InChI is InChI=1S/C20H18ClNO5/c1-27-10-9-22-17(13-3-2-4-15(23)11-13)16(19(25)20(22)26)18(24)12-5-7-14(21)8-6-12/h2-8,11,17,23-24H,9-10H2,1H3/b18-16-. The van der Waals surface area contributed by atoms with Gasteiger partial charge in [-0.1, -0.05) is 23.7 Å². The van der Waals surface area contributed by atoms with Crippen molar-refractivity contribution in [1.82, 2.24) is 4.90 Å². The molecule has 1 aliphatic rings. The predicted octanol–water partition coefficient (Wildman–Crippen LogP) is 3.11. The molecule has 6 nitrogen and oxygen atoms in total. The van der Waals surface area contributed by atoms with Crippen LogP contribution < -0.4 is 0 Å². The van der Waals surface area contributed by atoms with Gasteiger partial charge >= 0.3 is 0 Å². The van der Waals surface area contributed by atoms with Crippen LogP contribution in [0.1, 0.15) is 17.2 Å². The quantitative estimate of drug-likeness (QED) is 0.467. The van der Waals surface area contributed by atoms with E-state index >= 15 is 0 Å². The van der Waals surface area contributed by atoms with Gasteiger partial charge in [-0.15, -0.1) is 0 Å². The molecule has 7 heteroatoms. The van der Waals surface area contributed by atoms with Crippen molar-refractivity contribution in [3.63, 3.8) is 0 Å². The number of ketones is 1. The van der Waals surface area contributed by atoms with Crippen molar-refractivity contribution in [3.8, 4) is 5.75 Å². The molecular formula is C20H18ClNO5. The molecule has 0 radical (unpaired) electrons. The van der Waals surface area contributed by atoms with Gasteiger partial charge in [-0.05, 0) is 42.0 Å². The molecule has 2 aromatic rings. The molecule has 0 saturated carbocycles. The van der Waals surface area contributed by atoms with Crippen molar-refractivity contribution in [1.29, 1.82) is 0 Å². The number of amides is 1. The number of ether oxygens (including phenoxy) is 1. The minimum Gasteiger partial charge on any atom is -0.508 e. The zero-order valence-corrected chi connectivity index (χ0v) is 15.3. The topological polar surface area (TPSA) is 87.1 Å². The lowest BCUT2D eigenvalue weighted by molar-refractivity contribution is -0.140. The lowest BCUT2D eigenvalue weighted by Gasteiger charge is -2.25. The summed E-state index contributed by atoms with van der Waals surface area (Å²) < 4.78 is 5.04. The molecule has 1 unspecified atom stereocenters. The van der Waals surface area contributed by atoms with E-state index in [1.807, 2.05) is 0 Å². The first-order chi connectivity index (χ1) is 12.9. The highest BCUT2D eigenvalue weighted by Gasteiger charge is 2.45. The number of rotatable bonds is 5. The molecule has 0 aromatic heterocycles. The van der Waals surface area contributed by atoms with E-state index in [2.05, 4.69) is 0 Å². The summed E-state index contributed by atoms with van der Waals surface area (Å²) in [5.41, 5.74) is 0.846. The Bertz CT molecular complexity index is 907. The van der Waals surface area contributed by atoms with E-state index in [0.29, 0.717) is 16.1 Å². The summed E-state index contributed by atoms with van der Waals surface area (Å²) in [4.78, 5) is 26.6. The SMILES string of the molecule is COCCN1C(=O)C(=O)/C(=C(\O)c2ccc(Cl)cc2)C1c1cccc(O)c1. The molecule has 1 heterocycles. The van der Waals surface area contributed by atoms with Crippen LogP contribution in [0.5, 0.6) is 5.75 Å². The van der Waals surface area contributed by atoms with Crippen molar-refractivity contribution in [2.45, 2.75) is 6.04 Å². The van der Waals surface area contributed by atoms with Crippen molar-refractivity contribution >= 4 is 29.1 Å². The number of halogens is 1. The van der Waals surface area contributed by atoms with Gasteiger partial charge in [-0.2, -0.15) is 0 Å². The van der Waals surface area contributed by atoms with E-state index in [-0.39, 0.29) is 30.2 Å². The number of carbonyl (C=O) groups excluding carboxylic acids is 2. The fourth-order valence-corrected chi connectivity index (χ4v) is 3.23. The third-order valence-electron chi connectivity index (χ3n) is 4.38. The monoisotopic (exact) mass is 387 g/mol. The Morgan fingerprint density at radius 3 is 2.52 bits per heavy atom. The average Bonchev–Trinajstić information content (AvgIpc) is 2.91. The van der Waals surface area contributed by atoms with Gasteiger partial charge in [0.05, 0.1) is 18.2 Å². The van der Waals surface area contributed by atoms with Crippen molar-refractivity contribution in [2.24, 2.45) is 0 Å². The molecule has 1 fully saturated rings. The molecular weight excluding hydrogens is 370 g/mol. The maximum absolute atomic E-state index is 12.7. The second kappa shape index (κ2) is 7.82. The van der Waals surface area contributed by atoms with E-state index in [0.717, 1.165) is 0 Å². The summed E-state index contributed by atoms with van der Waals surface area (Å²) in [6.07, 6.45) is 0. The smallest absolute Gasteiger partial charge is 0.295 e. The van der Waals surface area contributed by atoms with Crippen LogP contribution in [0.4, 0.5) is 0 Å². The summed E-state index contributed by atoms with van der Waals surface area (Å²) in [5.74, 6) is -1.81. The highest BCUT2D eigenvalue weighted by atomic mass is 35.5. The molecule has 1 saturated heterocycles. The van der Waals surface area contributed by atoms with Gasteiger partial charge in [0.25, 0.3) is 11.7 Å². The second-order valence-electron chi connectivity index (χ2n) is 6.09. The number of phenols is 1. The zero-order chi connectivity index (χ0) is 19.6. The number of methoxy groups -OCH3 is 1. The highest BCUT2D eigenvalue weighted by molar-refractivity contribution is 6.46. The fourth-order valence-electron chi connectivity index (χ4n) is 3.10. The average molecular weight is 388 g/mol. The number of likely N-dealkylation sites (tertiary alicyclic amines) is 1. The summed E-state index contributed by atoms with van der Waals surface area (Å²) in [7, 11) is 1.49. The van der Waals surface area contributed by atoms with Gasteiger partial charge in [-0.25, -0.2) is 0 Å². The number of nitrogens with zero attached hydrogens (tertiary/aromatic N) is 1. The molecule has 27 heavy (non-hydrogen) atoms. The van der Waals surface area contributed by atoms with E-state index in [1.54, 1.807) is 36.4 Å². The number of hydrogen-bond acceptors (Lipinski definition) is 5. The van der Waals surface area contributed by atoms with Crippen molar-refractivity contribution < 1.29 is 24.5 Å². The third kappa shape index (κ3) is 3.67. The van der Waals surface area contributed by atoms with Crippen LogP contribution in [0.3, 0.4) is 0 Å². The molecule has 140 valence electrons. The molecule has 3 rings (SSSR count). The number of aliphatic hydroxyl groups excluding tert-OH is 1. The Morgan fingerprint density at radius 2 is 1.89 bits per heavy atom. The van der Waals surface area contributed by atoms with E-state index < -0.39 is 17.7 Å². The van der Waals surface area contributed by atoms with E-state index in [4.69, 9.17) is 16.3 Å². The maximum Gasteiger partial charge on any atom is 0.295 e. The summed E-state index contributed by atoms with van der Waals surface area (Å²) in [6.45, 7) is 0.391. The van der Waals surface area contributed by atoms with Gasteiger partial charge in [0, 0.05) is 24.2 Å². The van der Waals surface area contributed by atoms with Gasteiger partial charge < -0.3 is 19.8 Å². The Balaban J connectivity index is 2.16. The predicted molar refractivity (Wildman–Crippen MR) is 100 cm³/mol. The minimum absolute atomic E-state index is 0.00341. The van der Waals surface area contributed by atoms with Crippen LogP contribution in [0.2, 0.25) is 5.02 Å². The lowest BCUT2D eigenvalue weighted by Crippen LogP contribution is -2.32. The normalized spacial score (nSPS) is 18.9. The third-order valence-corrected chi connectivity index (χ3v) is 4.63. The fraction of sp³-hybridized carbons (Fsp3) is 0.200. The summed E-state index contributed by atoms with van der Waals surface area (Å²) in [6, 6.07) is 11.7. The first kappa shape index (κ1) is 18.9. The Hall–Kier alpha value is -2.83. The summed E-state index contributed by atoms with van der Waals surface area (Å²) >= 11 is 5.88. The Morgan fingerprint density at radius 1 is 1.19 bits per heavy atom. The molecule has 2 aromatic carbocycles. The highest BCUT2D eigenvalue weighted by Crippen LogP contribution is 2.40. The minimum atomic E-state index is -0.831. The molecule has 1 amide bonds. The van der Waals surface area contributed by atoms with Crippen LogP contribution in [0.15, 0.2) is 54.1 Å². The number of aliphatic hydroxyl groups is 1. The number of aromatic hydroxyl groups is 1. The Kier molecular flexibility index (Phi) is 5.48. The van der Waals surface area contributed by atoms with Gasteiger partial charge in [0.2, 0.25) is 0 Å². The van der Waals surface area contributed by atoms with E-state index in [9.17, 15) is 19.8 Å². The zero-order valence-electron chi connectivity index (χ0n) is 14.6. The molecule has 1 atom stereocenters. The van der Waals surface area contributed by atoms with Crippen LogP contribution in [-0.2, 0) is 14.3 Å². The van der Waals surface area contributed by atoms with Crippen LogP contribution >= 0.6 is 11.6 Å². The number of Topliss-reactive ketones (excluding diaryl/α,β-unsaturated/α-hetero) is 1. The van der Waals surface area contributed by atoms with Gasteiger partial charge in [0.1, 0.15) is 11.5 Å². The van der Waals surface area contributed by atoms with Crippen molar-refractivity contribution in [2.75, 3.05) is 20.3 Å². The van der Waals surface area contributed by atoms with Gasteiger partial charge in [0.15, 0.2) is 0 Å². The first-order valence-corrected chi connectivity index (χ1v) is 8.64. The number of benzene rings is 2. The molecule has 0 aliphatic carbocycles.